The Bertz CT molecular complexity index is 878. The summed E-state index contributed by atoms with van der Waals surface area (Å²) in [7, 11) is 1.81. The number of fused-ring (bicyclic) bond motifs is 1. The lowest BCUT2D eigenvalue weighted by atomic mass is 9.95. The zero-order valence-electron chi connectivity index (χ0n) is 17.3. The van der Waals surface area contributed by atoms with Gasteiger partial charge in [-0.15, -0.1) is 0 Å². The van der Waals surface area contributed by atoms with E-state index in [2.05, 4.69) is 43.8 Å². The van der Waals surface area contributed by atoms with Crippen LogP contribution in [-0.2, 0) is 16.1 Å². The summed E-state index contributed by atoms with van der Waals surface area (Å²) in [6, 6.07) is 6.12. The number of carbonyl (C=O) groups is 1. The van der Waals surface area contributed by atoms with Crippen molar-refractivity contribution in [3.8, 4) is 0 Å². The number of aliphatic imine (C=N–C) groups is 1. The molecule has 1 amide bonds. The number of morpholine rings is 1. The Kier molecular flexibility index (Phi) is 5.99. The average Bonchev–Trinajstić information content (AvgIpc) is 3.19. The fourth-order valence-electron chi connectivity index (χ4n) is 4.17. The lowest BCUT2D eigenvalue weighted by Crippen LogP contribution is -2.49. The zero-order valence-corrected chi connectivity index (χ0v) is 17.3. The Labute approximate surface area is 171 Å². The third-order valence-corrected chi connectivity index (χ3v) is 5.85. The molecule has 1 N–H and O–H groups in total. The van der Waals surface area contributed by atoms with Gasteiger partial charge in [-0.1, -0.05) is 6.07 Å². The molecule has 4 rings (SSSR count). The van der Waals surface area contributed by atoms with Gasteiger partial charge in [0.2, 0.25) is 5.91 Å². The molecule has 156 valence electrons. The van der Waals surface area contributed by atoms with Gasteiger partial charge < -0.3 is 24.3 Å². The topological polar surface area (TPSA) is 74.5 Å². The quantitative estimate of drug-likeness (QED) is 0.623. The van der Waals surface area contributed by atoms with Gasteiger partial charge in [-0.05, 0) is 31.9 Å². The van der Waals surface area contributed by atoms with Crippen LogP contribution in [0.2, 0.25) is 0 Å². The third-order valence-electron chi connectivity index (χ3n) is 5.85. The fraction of sp³-hybridized carbons (Fsp3) is 0.571. The van der Waals surface area contributed by atoms with Gasteiger partial charge in [0, 0.05) is 51.0 Å². The number of imidazole rings is 1. The van der Waals surface area contributed by atoms with E-state index in [4.69, 9.17) is 4.74 Å². The number of ether oxygens (including phenoxy) is 1. The van der Waals surface area contributed by atoms with Gasteiger partial charge in [-0.3, -0.25) is 9.79 Å². The molecule has 0 spiro atoms. The van der Waals surface area contributed by atoms with Gasteiger partial charge in [0.25, 0.3) is 0 Å². The molecule has 29 heavy (non-hydrogen) atoms. The van der Waals surface area contributed by atoms with Crippen molar-refractivity contribution in [3.63, 3.8) is 0 Å². The smallest absolute Gasteiger partial charge is 0.225 e. The van der Waals surface area contributed by atoms with Gasteiger partial charge in [0.1, 0.15) is 5.65 Å². The molecule has 2 aliphatic rings. The predicted octanol–water partition coefficient (Wildman–Crippen LogP) is 1.29. The Hall–Kier alpha value is -2.61. The van der Waals surface area contributed by atoms with Crippen molar-refractivity contribution in [2.75, 3.05) is 46.4 Å². The first-order chi connectivity index (χ1) is 14.2. The largest absolute Gasteiger partial charge is 0.378 e. The number of pyridine rings is 1. The van der Waals surface area contributed by atoms with Crippen LogP contribution in [0.25, 0.3) is 5.65 Å². The molecule has 2 aromatic rings. The third kappa shape index (κ3) is 4.37. The highest BCUT2D eigenvalue weighted by atomic mass is 16.5. The SMILES string of the molecule is CN=C(NCc1cn2c(C)cccc2n1)N1CCC(C(=O)N2CCOCC2)CC1. The van der Waals surface area contributed by atoms with E-state index >= 15 is 0 Å². The maximum absolute atomic E-state index is 12.7. The van der Waals surface area contributed by atoms with Crippen LogP contribution in [0, 0.1) is 12.8 Å². The molecular formula is C21H30N6O2. The molecule has 0 radical (unpaired) electrons. The number of hydrogen-bond acceptors (Lipinski definition) is 4. The highest BCUT2D eigenvalue weighted by molar-refractivity contribution is 5.81. The zero-order chi connectivity index (χ0) is 20.2. The van der Waals surface area contributed by atoms with Crippen molar-refractivity contribution in [3.05, 3.63) is 35.8 Å². The Morgan fingerprint density at radius 3 is 2.66 bits per heavy atom. The van der Waals surface area contributed by atoms with Crippen molar-refractivity contribution in [2.45, 2.75) is 26.3 Å². The number of likely N-dealkylation sites (tertiary alicyclic amines) is 1. The van der Waals surface area contributed by atoms with Crippen LogP contribution in [0.5, 0.6) is 0 Å². The molecule has 0 atom stereocenters. The minimum atomic E-state index is 0.115. The molecule has 0 unspecified atom stereocenters. The Morgan fingerprint density at radius 1 is 1.21 bits per heavy atom. The van der Waals surface area contributed by atoms with Crippen LogP contribution in [0.1, 0.15) is 24.2 Å². The molecule has 4 heterocycles. The summed E-state index contributed by atoms with van der Waals surface area (Å²) in [6.07, 6.45) is 3.80. The first-order valence-corrected chi connectivity index (χ1v) is 10.4. The molecule has 0 bridgehead atoms. The van der Waals surface area contributed by atoms with Gasteiger partial charge in [0.05, 0.1) is 25.5 Å². The second kappa shape index (κ2) is 8.82. The number of carbonyl (C=O) groups excluding carboxylic acids is 1. The van der Waals surface area contributed by atoms with Crippen LogP contribution in [0.3, 0.4) is 0 Å². The normalized spacial score (nSPS) is 19.0. The summed E-state index contributed by atoms with van der Waals surface area (Å²) >= 11 is 0. The van der Waals surface area contributed by atoms with E-state index in [1.807, 2.05) is 17.0 Å². The molecule has 8 nitrogen and oxygen atoms in total. The average molecular weight is 399 g/mol. The Morgan fingerprint density at radius 2 is 1.97 bits per heavy atom. The van der Waals surface area contributed by atoms with Gasteiger partial charge in [0.15, 0.2) is 5.96 Å². The van der Waals surface area contributed by atoms with Crippen LogP contribution in [0.4, 0.5) is 0 Å². The number of piperidine rings is 1. The molecule has 0 aliphatic carbocycles. The monoisotopic (exact) mass is 398 g/mol. The summed E-state index contributed by atoms with van der Waals surface area (Å²) in [5.74, 6) is 1.27. The van der Waals surface area contributed by atoms with E-state index in [9.17, 15) is 4.79 Å². The van der Waals surface area contributed by atoms with Gasteiger partial charge >= 0.3 is 0 Å². The van der Waals surface area contributed by atoms with Gasteiger partial charge in [-0.25, -0.2) is 4.98 Å². The molecule has 2 aromatic heterocycles. The summed E-state index contributed by atoms with van der Waals surface area (Å²) < 4.78 is 7.46. The van der Waals surface area contributed by atoms with Crippen LogP contribution >= 0.6 is 0 Å². The van der Waals surface area contributed by atoms with E-state index in [1.165, 1.54) is 0 Å². The van der Waals surface area contributed by atoms with Crippen molar-refractivity contribution in [2.24, 2.45) is 10.9 Å². The minimum Gasteiger partial charge on any atom is -0.378 e. The molecule has 2 fully saturated rings. The van der Waals surface area contributed by atoms with Crippen LogP contribution in [-0.4, -0.2) is 77.5 Å². The number of nitrogens with one attached hydrogen (secondary N) is 1. The van der Waals surface area contributed by atoms with Crippen molar-refractivity contribution in [1.82, 2.24) is 24.5 Å². The molecule has 2 saturated heterocycles. The van der Waals surface area contributed by atoms with Crippen molar-refractivity contribution >= 4 is 17.5 Å². The summed E-state index contributed by atoms with van der Waals surface area (Å²) in [5.41, 5.74) is 3.11. The second-order valence-corrected chi connectivity index (χ2v) is 7.73. The standard InChI is InChI=1S/C21H30N6O2/c1-16-4-3-5-19-24-18(15-27(16)19)14-23-21(22-2)26-8-6-17(7-9-26)20(28)25-10-12-29-13-11-25/h3-5,15,17H,6-14H2,1-2H3,(H,22,23). The first kappa shape index (κ1) is 19.7. The number of amides is 1. The van der Waals surface area contributed by atoms with E-state index in [-0.39, 0.29) is 11.8 Å². The van der Waals surface area contributed by atoms with E-state index in [1.54, 1.807) is 7.05 Å². The second-order valence-electron chi connectivity index (χ2n) is 7.73. The van der Waals surface area contributed by atoms with Crippen LogP contribution < -0.4 is 5.32 Å². The highest BCUT2D eigenvalue weighted by Gasteiger charge is 2.30. The van der Waals surface area contributed by atoms with Crippen LogP contribution in [0.15, 0.2) is 29.4 Å². The predicted molar refractivity (Wildman–Crippen MR) is 112 cm³/mol. The number of nitrogens with zero attached hydrogens (tertiary/aromatic N) is 5. The number of hydrogen-bond donors (Lipinski definition) is 1. The Balaban J connectivity index is 1.31. The molecule has 8 heteroatoms. The number of guanidine groups is 1. The lowest BCUT2D eigenvalue weighted by molar-refractivity contribution is -0.140. The molecule has 0 aromatic carbocycles. The first-order valence-electron chi connectivity index (χ1n) is 10.4. The summed E-state index contributed by atoms with van der Waals surface area (Å²) in [4.78, 5) is 26.0. The van der Waals surface area contributed by atoms with Crippen molar-refractivity contribution in [1.29, 1.82) is 0 Å². The minimum absolute atomic E-state index is 0.115. The fourth-order valence-corrected chi connectivity index (χ4v) is 4.17. The highest BCUT2D eigenvalue weighted by Crippen LogP contribution is 2.20. The van der Waals surface area contributed by atoms with Crippen molar-refractivity contribution < 1.29 is 9.53 Å². The maximum atomic E-state index is 12.7. The molecular weight excluding hydrogens is 368 g/mol. The van der Waals surface area contributed by atoms with Gasteiger partial charge in [-0.2, -0.15) is 0 Å². The summed E-state index contributed by atoms with van der Waals surface area (Å²) in [5, 5.41) is 3.43. The lowest BCUT2D eigenvalue weighted by Gasteiger charge is -2.36. The summed E-state index contributed by atoms with van der Waals surface area (Å²) in [6.45, 7) is 7.14. The maximum Gasteiger partial charge on any atom is 0.225 e. The van der Waals surface area contributed by atoms with E-state index < -0.39 is 0 Å². The van der Waals surface area contributed by atoms with E-state index in [0.29, 0.717) is 19.8 Å². The molecule has 0 saturated carbocycles. The molecule has 2 aliphatic heterocycles. The number of aromatic nitrogens is 2. The number of rotatable bonds is 3. The number of aryl methyl sites for hydroxylation is 1. The van der Waals surface area contributed by atoms with E-state index in [0.717, 1.165) is 62.0 Å².